The number of morpholine rings is 1. The van der Waals surface area contributed by atoms with Crippen LogP contribution >= 0.6 is 0 Å². The van der Waals surface area contributed by atoms with Crippen molar-refractivity contribution in [3.05, 3.63) is 0 Å². The third kappa shape index (κ3) is 3.10. The van der Waals surface area contributed by atoms with E-state index in [1.807, 2.05) is 4.90 Å². The molecular formula is C16H28N4O4S. The molecule has 2 aliphatic heterocycles. The molecule has 2 saturated heterocycles. The molecule has 2 N–H and O–H groups in total. The van der Waals surface area contributed by atoms with Crippen molar-refractivity contribution in [1.82, 2.24) is 13.5 Å². The molecule has 2 aliphatic carbocycles. The summed E-state index contributed by atoms with van der Waals surface area (Å²) in [5.41, 5.74) is 6.29. The normalized spacial score (nSPS) is 37.6. The SMILES string of the molecule is NC1C2CCC(C2)C1C(=O)N1CCN(S(=O)(=O)N2CCOCC2)CC1. The Morgan fingerprint density at radius 2 is 1.52 bits per heavy atom. The standard InChI is InChI=1S/C16H28N4O4S/c17-15-13-2-1-12(11-13)14(15)16(21)18-3-5-19(6-4-18)25(22,23)20-7-9-24-10-8-20/h12-15H,1-11,17H2. The van der Waals surface area contributed by atoms with Crippen LogP contribution in [0.5, 0.6) is 0 Å². The Bertz CT molecular complexity index is 612. The maximum absolute atomic E-state index is 12.9. The second-order valence-electron chi connectivity index (χ2n) is 7.68. The van der Waals surface area contributed by atoms with Crippen LogP contribution < -0.4 is 5.73 Å². The van der Waals surface area contributed by atoms with Crippen molar-refractivity contribution in [2.45, 2.75) is 25.3 Å². The fourth-order valence-electron chi connectivity index (χ4n) is 4.99. The zero-order valence-corrected chi connectivity index (χ0v) is 15.4. The molecule has 4 unspecified atom stereocenters. The zero-order chi connectivity index (χ0) is 17.6. The highest BCUT2D eigenvalue weighted by Gasteiger charge is 2.50. The third-order valence-corrected chi connectivity index (χ3v) is 8.47. The van der Waals surface area contributed by atoms with Crippen molar-refractivity contribution in [2.75, 3.05) is 52.5 Å². The summed E-state index contributed by atoms with van der Waals surface area (Å²) in [5.74, 6) is 1.02. The van der Waals surface area contributed by atoms with E-state index in [9.17, 15) is 13.2 Å². The van der Waals surface area contributed by atoms with Gasteiger partial charge in [-0.3, -0.25) is 4.79 Å². The Balaban J connectivity index is 1.36. The van der Waals surface area contributed by atoms with Crippen molar-refractivity contribution in [2.24, 2.45) is 23.5 Å². The van der Waals surface area contributed by atoms with Crippen molar-refractivity contribution < 1.29 is 17.9 Å². The van der Waals surface area contributed by atoms with E-state index in [1.165, 1.54) is 8.61 Å². The molecule has 0 radical (unpaired) electrons. The Morgan fingerprint density at radius 3 is 2.12 bits per heavy atom. The second-order valence-corrected chi connectivity index (χ2v) is 9.61. The lowest BCUT2D eigenvalue weighted by molar-refractivity contribution is -0.139. The summed E-state index contributed by atoms with van der Waals surface area (Å²) < 4.78 is 33.6. The van der Waals surface area contributed by atoms with Crippen LogP contribution in [0.2, 0.25) is 0 Å². The van der Waals surface area contributed by atoms with E-state index in [0.717, 1.165) is 19.3 Å². The van der Waals surface area contributed by atoms with Crippen molar-refractivity contribution >= 4 is 16.1 Å². The van der Waals surface area contributed by atoms with Gasteiger partial charge in [0.25, 0.3) is 10.2 Å². The number of carbonyl (C=O) groups is 1. The molecular weight excluding hydrogens is 344 g/mol. The summed E-state index contributed by atoms with van der Waals surface area (Å²) in [6.45, 7) is 3.34. The van der Waals surface area contributed by atoms with Gasteiger partial charge in [0.2, 0.25) is 5.91 Å². The molecule has 0 aromatic carbocycles. The van der Waals surface area contributed by atoms with Crippen molar-refractivity contribution in [1.29, 1.82) is 0 Å². The van der Waals surface area contributed by atoms with Crippen LogP contribution in [0.15, 0.2) is 0 Å². The number of nitrogens with two attached hydrogens (primary N) is 1. The molecule has 0 aromatic rings. The summed E-state index contributed by atoms with van der Waals surface area (Å²) in [6.07, 6.45) is 3.35. The van der Waals surface area contributed by atoms with Gasteiger partial charge >= 0.3 is 0 Å². The summed E-state index contributed by atoms with van der Waals surface area (Å²) in [6, 6.07) is -0.0126. The van der Waals surface area contributed by atoms with Crippen LogP contribution in [0.4, 0.5) is 0 Å². The molecule has 8 nitrogen and oxygen atoms in total. The van der Waals surface area contributed by atoms with Crippen LogP contribution in [-0.4, -0.2) is 86.4 Å². The molecule has 4 atom stereocenters. The minimum absolute atomic E-state index is 0.0126. The first kappa shape index (κ1) is 17.7. The fourth-order valence-corrected chi connectivity index (χ4v) is 6.55. The van der Waals surface area contributed by atoms with Gasteiger partial charge in [0.15, 0.2) is 0 Å². The number of ether oxygens (including phenoxy) is 1. The number of carbonyl (C=O) groups excluding carboxylic acids is 1. The van der Waals surface area contributed by atoms with Crippen LogP contribution in [0, 0.1) is 17.8 Å². The lowest BCUT2D eigenvalue weighted by Gasteiger charge is -2.39. The van der Waals surface area contributed by atoms with Gasteiger partial charge in [0, 0.05) is 45.3 Å². The van der Waals surface area contributed by atoms with Gasteiger partial charge < -0.3 is 15.4 Å². The summed E-state index contributed by atoms with van der Waals surface area (Å²) in [4.78, 5) is 14.7. The number of hydrogen-bond acceptors (Lipinski definition) is 5. The lowest BCUT2D eigenvalue weighted by Crippen LogP contribution is -2.57. The Kier molecular flexibility index (Phi) is 4.78. The van der Waals surface area contributed by atoms with Gasteiger partial charge in [-0.25, -0.2) is 0 Å². The van der Waals surface area contributed by atoms with Crippen LogP contribution in [-0.2, 0) is 19.7 Å². The molecule has 2 bridgehead atoms. The number of hydrogen-bond donors (Lipinski definition) is 1. The highest BCUT2D eigenvalue weighted by atomic mass is 32.2. The summed E-state index contributed by atoms with van der Waals surface area (Å²) in [5, 5.41) is 0. The molecule has 4 rings (SSSR count). The van der Waals surface area contributed by atoms with Gasteiger partial charge in [-0.15, -0.1) is 0 Å². The average Bonchev–Trinajstić information content (AvgIpc) is 3.23. The monoisotopic (exact) mass is 372 g/mol. The Morgan fingerprint density at radius 1 is 0.920 bits per heavy atom. The topological polar surface area (TPSA) is 96.2 Å². The Hall–Kier alpha value is -0.740. The fraction of sp³-hybridized carbons (Fsp3) is 0.938. The van der Waals surface area contributed by atoms with Gasteiger partial charge in [-0.05, 0) is 31.1 Å². The third-order valence-electron chi connectivity index (χ3n) is 6.44. The highest BCUT2D eigenvalue weighted by Crippen LogP contribution is 2.48. The number of rotatable bonds is 3. The summed E-state index contributed by atoms with van der Waals surface area (Å²) >= 11 is 0. The van der Waals surface area contributed by atoms with Crippen LogP contribution in [0.3, 0.4) is 0 Å². The first-order valence-corrected chi connectivity index (χ1v) is 10.8. The van der Waals surface area contributed by atoms with Crippen LogP contribution in [0.25, 0.3) is 0 Å². The predicted octanol–water partition coefficient (Wildman–Crippen LogP) is -0.919. The van der Waals surface area contributed by atoms with Gasteiger partial charge in [0.1, 0.15) is 0 Å². The minimum Gasteiger partial charge on any atom is -0.379 e. The first-order valence-electron chi connectivity index (χ1n) is 9.36. The van der Waals surface area contributed by atoms with E-state index in [1.54, 1.807) is 0 Å². The predicted molar refractivity (Wildman–Crippen MR) is 91.8 cm³/mol. The van der Waals surface area contributed by atoms with Crippen LogP contribution in [0.1, 0.15) is 19.3 Å². The molecule has 4 aliphatic rings. The molecule has 4 fully saturated rings. The minimum atomic E-state index is -3.45. The van der Waals surface area contributed by atoms with Gasteiger partial charge in [-0.2, -0.15) is 17.0 Å². The van der Waals surface area contributed by atoms with E-state index >= 15 is 0 Å². The van der Waals surface area contributed by atoms with Crippen molar-refractivity contribution in [3.63, 3.8) is 0 Å². The molecule has 0 aromatic heterocycles. The zero-order valence-electron chi connectivity index (χ0n) is 14.5. The molecule has 9 heteroatoms. The molecule has 2 saturated carbocycles. The molecule has 0 spiro atoms. The van der Waals surface area contributed by atoms with E-state index in [0.29, 0.717) is 64.3 Å². The molecule has 142 valence electrons. The molecule has 1 amide bonds. The largest absolute Gasteiger partial charge is 0.379 e. The van der Waals surface area contributed by atoms with Gasteiger partial charge in [-0.1, -0.05) is 0 Å². The number of nitrogens with zero attached hydrogens (tertiary/aromatic N) is 3. The van der Waals surface area contributed by atoms with Crippen molar-refractivity contribution in [3.8, 4) is 0 Å². The highest BCUT2D eigenvalue weighted by molar-refractivity contribution is 7.86. The second kappa shape index (κ2) is 6.77. The summed E-state index contributed by atoms with van der Waals surface area (Å²) in [7, 11) is -3.45. The quantitative estimate of drug-likeness (QED) is 0.691. The lowest BCUT2D eigenvalue weighted by atomic mass is 9.84. The molecule has 2 heterocycles. The van der Waals surface area contributed by atoms with Gasteiger partial charge in [0.05, 0.1) is 19.1 Å². The maximum Gasteiger partial charge on any atom is 0.282 e. The van der Waals surface area contributed by atoms with E-state index < -0.39 is 10.2 Å². The maximum atomic E-state index is 12.9. The van der Waals surface area contributed by atoms with E-state index in [4.69, 9.17) is 10.5 Å². The number of piperazine rings is 1. The average molecular weight is 372 g/mol. The van der Waals surface area contributed by atoms with E-state index in [2.05, 4.69) is 0 Å². The number of amides is 1. The Labute approximate surface area is 149 Å². The van der Waals surface area contributed by atoms with E-state index in [-0.39, 0.29) is 17.9 Å². The smallest absolute Gasteiger partial charge is 0.282 e. The first-order chi connectivity index (χ1) is 12.0. The molecule has 25 heavy (non-hydrogen) atoms. The number of fused-ring (bicyclic) bond motifs is 2.